The van der Waals surface area contributed by atoms with Crippen molar-refractivity contribution in [3.8, 4) is 11.5 Å². The van der Waals surface area contributed by atoms with E-state index in [9.17, 15) is 9.59 Å². The second-order valence-corrected chi connectivity index (χ2v) is 7.01. The third kappa shape index (κ3) is 3.96. The number of thiazole rings is 1. The molecule has 3 aromatic rings. The summed E-state index contributed by atoms with van der Waals surface area (Å²) in [6, 6.07) is 12.3. The number of anilines is 2. The molecule has 1 aromatic heterocycles. The molecule has 0 fully saturated rings. The van der Waals surface area contributed by atoms with Crippen LogP contribution < -0.4 is 20.1 Å². The smallest absolute Gasteiger partial charge is 0.251 e. The minimum atomic E-state index is -0.208. The summed E-state index contributed by atoms with van der Waals surface area (Å²) in [5.74, 6) is 1.04. The Morgan fingerprint density at radius 1 is 1.07 bits per heavy atom. The van der Waals surface area contributed by atoms with E-state index >= 15 is 0 Å². The SMILES string of the molecule is CC(=O)c1ccc(Nc2nc(CNC(=O)c3ccc4c(c3)OCO4)cs2)cc1. The van der Waals surface area contributed by atoms with Gasteiger partial charge in [-0.1, -0.05) is 0 Å². The highest BCUT2D eigenvalue weighted by Gasteiger charge is 2.16. The molecule has 1 aliphatic rings. The van der Waals surface area contributed by atoms with Crippen molar-refractivity contribution >= 4 is 33.8 Å². The summed E-state index contributed by atoms with van der Waals surface area (Å²) < 4.78 is 10.5. The van der Waals surface area contributed by atoms with Crippen LogP contribution in [-0.4, -0.2) is 23.5 Å². The van der Waals surface area contributed by atoms with Crippen LogP contribution in [0, 0.1) is 0 Å². The molecule has 0 unspecified atom stereocenters. The highest BCUT2D eigenvalue weighted by atomic mass is 32.1. The molecule has 8 heteroatoms. The Bertz CT molecular complexity index is 1030. The van der Waals surface area contributed by atoms with Gasteiger partial charge in [-0.2, -0.15) is 0 Å². The number of ether oxygens (including phenoxy) is 2. The average molecular weight is 395 g/mol. The van der Waals surface area contributed by atoms with Crippen LogP contribution in [0.5, 0.6) is 11.5 Å². The number of nitrogens with one attached hydrogen (secondary N) is 2. The number of hydrogen-bond donors (Lipinski definition) is 2. The third-order valence-electron chi connectivity index (χ3n) is 4.16. The zero-order chi connectivity index (χ0) is 19.5. The van der Waals surface area contributed by atoms with E-state index in [1.165, 1.54) is 18.3 Å². The van der Waals surface area contributed by atoms with Gasteiger partial charge in [0.25, 0.3) is 5.91 Å². The minimum absolute atomic E-state index is 0.0290. The summed E-state index contributed by atoms with van der Waals surface area (Å²) in [6.45, 7) is 2.02. The summed E-state index contributed by atoms with van der Waals surface area (Å²) in [4.78, 5) is 28.1. The fourth-order valence-electron chi connectivity index (χ4n) is 2.67. The lowest BCUT2D eigenvalue weighted by Crippen LogP contribution is -2.22. The fourth-order valence-corrected chi connectivity index (χ4v) is 3.40. The van der Waals surface area contributed by atoms with Gasteiger partial charge in [0, 0.05) is 22.2 Å². The van der Waals surface area contributed by atoms with E-state index in [4.69, 9.17) is 9.47 Å². The average Bonchev–Trinajstić information content (AvgIpc) is 3.35. The van der Waals surface area contributed by atoms with Gasteiger partial charge in [0.15, 0.2) is 22.4 Å². The van der Waals surface area contributed by atoms with Crippen molar-refractivity contribution in [3.05, 3.63) is 64.7 Å². The van der Waals surface area contributed by atoms with Gasteiger partial charge in [0.2, 0.25) is 6.79 Å². The van der Waals surface area contributed by atoms with Crippen LogP contribution in [0.4, 0.5) is 10.8 Å². The molecule has 2 aromatic carbocycles. The van der Waals surface area contributed by atoms with Crippen LogP contribution in [0.3, 0.4) is 0 Å². The molecule has 0 aliphatic carbocycles. The van der Waals surface area contributed by atoms with Crippen molar-refractivity contribution in [2.24, 2.45) is 0 Å². The van der Waals surface area contributed by atoms with Crippen LogP contribution >= 0.6 is 11.3 Å². The van der Waals surface area contributed by atoms with E-state index in [1.54, 1.807) is 30.3 Å². The zero-order valence-corrected chi connectivity index (χ0v) is 15.8. The van der Waals surface area contributed by atoms with Gasteiger partial charge in [-0.25, -0.2) is 4.98 Å². The van der Waals surface area contributed by atoms with Gasteiger partial charge in [0.05, 0.1) is 12.2 Å². The number of ketones is 1. The monoisotopic (exact) mass is 395 g/mol. The molecule has 7 nitrogen and oxygen atoms in total. The molecule has 2 N–H and O–H groups in total. The van der Waals surface area contributed by atoms with E-state index < -0.39 is 0 Å². The Morgan fingerprint density at radius 2 is 1.82 bits per heavy atom. The quantitative estimate of drug-likeness (QED) is 0.618. The number of hydrogen-bond acceptors (Lipinski definition) is 7. The van der Waals surface area contributed by atoms with Crippen LogP contribution in [0.1, 0.15) is 33.3 Å². The molecular weight excluding hydrogens is 378 g/mol. The molecule has 0 spiro atoms. The molecule has 0 saturated heterocycles. The number of fused-ring (bicyclic) bond motifs is 1. The van der Waals surface area contributed by atoms with Crippen LogP contribution in [0.2, 0.25) is 0 Å². The van der Waals surface area contributed by atoms with Gasteiger partial charge < -0.3 is 20.1 Å². The van der Waals surface area contributed by atoms with Crippen molar-refractivity contribution < 1.29 is 19.1 Å². The maximum absolute atomic E-state index is 12.3. The molecule has 0 atom stereocenters. The maximum atomic E-state index is 12.3. The molecule has 28 heavy (non-hydrogen) atoms. The van der Waals surface area contributed by atoms with Gasteiger partial charge >= 0.3 is 0 Å². The van der Waals surface area contributed by atoms with Crippen LogP contribution in [0.15, 0.2) is 47.8 Å². The Hall–Kier alpha value is -3.39. The number of benzene rings is 2. The summed E-state index contributed by atoms with van der Waals surface area (Å²) in [5.41, 5.74) is 2.76. The fraction of sp³-hybridized carbons (Fsp3) is 0.150. The van der Waals surface area contributed by atoms with Crippen LogP contribution in [-0.2, 0) is 6.54 Å². The van der Waals surface area contributed by atoms with E-state index in [0.717, 1.165) is 11.4 Å². The van der Waals surface area contributed by atoms with E-state index in [1.807, 2.05) is 17.5 Å². The molecule has 1 aliphatic heterocycles. The highest BCUT2D eigenvalue weighted by molar-refractivity contribution is 7.13. The Balaban J connectivity index is 1.34. The summed E-state index contributed by atoms with van der Waals surface area (Å²) >= 11 is 1.44. The topological polar surface area (TPSA) is 89.6 Å². The van der Waals surface area contributed by atoms with Crippen molar-refractivity contribution in [2.75, 3.05) is 12.1 Å². The Kier molecular flexibility index (Phi) is 4.94. The molecule has 2 heterocycles. The molecule has 142 valence electrons. The van der Waals surface area contributed by atoms with E-state index in [-0.39, 0.29) is 18.5 Å². The van der Waals surface area contributed by atoms with Gasteiger partial charge in [-0.05, 0) is 49.4 Å². The molecule has 4 rings (SSSR count). The van der Waals surface area contributed by atoms with Crippen molar-refractivity contribution in [3.63, 3.8) is 0 Å². The van der Waals surface area contributed by atoms with Crippen LogP contribution in [0.25, 0.3) is 0 Å². The predicted octanol–water partition coefficient (Wildman–Crippen LogP) is 3.75. The summed E-state index contributed by atoms with van der Waals surface area (Å²) in [6.07, 6.45) is 0. The number of carbonyl (C=O) groups is 2. The Labute approximate surface area is 165 Å². The molecular formula is C20H17N3O4S. The van der Waals surface area contributed by atoms with Gasteiger partial charge in [-0.15, -0.1) is 11.3 Å². The first-order valence-corrected chi connectivity index (χ1v) is 9.47. The number of aromatic nitrogens is 1. The lowest BCUT2D eigenvalue weighted by Gasteiger charge is -2.05. The van der Waals surface area contributed by atoms with Gasteiger partial charge in [0.1, 0.15) is 0 Å². The zero-order valence-electron chi connectivity index (χ0n) is 15.0. The number of Topliss-reactive ketones (excluding diaryl/α,β-unsaturated/α-hetero) is 1. The first kappa shape index (κ1) is 18.0. The van der Waals surface area contributed by atoms with Crippen molar-refractivity contribution in [1.29, 1.82) is 0 Å². The number of amides is 1. The first-order chi connectivity index (χ1) is 13.6. The maximum Gasteiger partial charge on any atom is 0.251 e. The van der Waals surface area contributed by atoms with Crippen molar-refractivity contribution in [1.82, 2.24) is 10.3 Å². The molecule has 0 bridgehead atoms. The summed E-state index contributed by atoms with van der Waals surface area (Å²) in [7, 11) is 0. The Morgan fingerprint density at radius 3 is 2.61 bits per heavy atom. The number of rotatable bonds is 6. The normalized spacial score (nSPS) is 11.9. The number of carbonyl (C=O) groups excluding carboxylic acids is 2. The minimum Gasteiger partial charge on any atom is -0.454 e. The van der Waals surface area contributed by atoms with E-state index in [0.29, 0.717) is 34.3 Å². The molecule has 0 radical (unpaired) electrons. The lowest BCUT2D eigenvalue weighted by atomic mass is 10.1. The standard InChI is InChI=1S/C20H17N3O4S/c1-12(24)13-2-5-15(6-3-13)22-20-23-16(10-28-20)9-21-19(25)14-4-7-17-18(8-14)27-11-26-17/h2-8,10H,9,11H2,1H3,(H,21,25)(H,22,23). The van der Waals surface area contributed by atoms with Crippen molar-refractivity contribution in [2.45, 2.75) is 13.5 Å². The second-order valence-electron chi connectivity index (χ2n) is 6.15. The highest BCUT2D eigenvalue weighted by Crippen LogP contribution is 2.32. The van der Waals surface area contributed by atoms with Gasteiger partial charge in [-0.3, -0.25) is 9.59 Å². The summed E-state index contributed by atoms with van der Waals surface area (Å²) in [5, 5.41) is 8.63. The molecule has 1 amide bonds. The largest absolute Gasteiger partial charge is 0.454 e. The number of nitrogens with zero attached hydrogens (tertiary/aromatic N) is 1. The second kappa shape index (κ2) is 7.69. The lowest BCUT2D eigenvalue weighted by molar-refractivity contribution is 0.0949. The van der Waals surface area contributed by atoms with E-state index in [2.05, 4.69) is 15.6 Å². The first-order valence-electron chi connectivity index (χ1n) is 8.59. The third-order valence-corrected chi connectivity index (χ3v) is 4.97. The molecule has 0 saturated carbocycles. The predicted molar refractivity (Wildman–Crippen MR) is 106 cm³/mol.